The second kappa shape index (κ2) is 7.44. The number of hydrogen-bond donors (Lipinski definition) is 2. The van der Waals surface area contributed by atoms with Crippen molar-refractivity contribution in [2.45, 2.75) is 6.92 Å². The molecule has 0 aromatic heterocycles. The molecule has 0 unspecified atom stereocenters. The summed E-state index contributed by atoms with van der Waals surface area (Å²) in [4.78, 5) is 23.9. The molecule has 2 N–H and O–H groups in total. The van der Waals surface area contributed by atoms with Crippen molar-refractivity contribution in [3.8, 4) is 17.2 Å². The summed E-state index contributed by atoms with van der Waals surface area (Å²) in [5.41, 5.74) is 2.67. The molecule has 140 valence electrons. The number of ether oxygens (including phenoxy) is 2. The van der Waals surface area contributed by atoms with Crippen molar-refractivity contribution in [1.82, 2.24) is 0 Å². The van der Waals surface area contributed by atoms with Gasteiger partial charge in [-0.1, -0.05) is 12.1 Å². The molecule has 3 aromatic rings. The number of benzene rings is 3. The average Bonchev–Trinajstić information content (AvgIpc) is 2.69. The highest BCUT2D eigenvalue weighted by Gasteiger charge is 2.18. The molecule has 0 fully saturated rings. The smallest absolute Gasteiger partial charge is 0.262 e. The minimum atomic E-state index is -0.282. The third-order valence-corrected chi connectivity index (χ3v) is 4.21. The van der Waals surface area contributed by atoms with Crippen LogP contribution in [0.4, 0.5) is 11.4 Å². The highest BCUT2D eigenvalue weighted by Crippen LogP contribution is 2.29. The van der Waals surface area contributed by atoms with Crippen LogP contribution in [-0.2, 0) is 4.79 Å². The van der Waals surface area contributed by atoms with Gasteiger partial charge in [0.25, 0.3) is 11.8 Å². The molecule has 1 aliphatic rings. The van der Waals surface area contributed by atoms with E-state index in [0.29, 0.717) is 28.4 Å². The first-order chi connectivity index (χ1) is 13.6. The SMILES string of the molecule is Cc1cccc(Oc2ccc(NC(=O)c3ccc4c(c3)NC(=O)CO4)cc2)c1. The van der Waals surface area contributed by atoms with Crippen molar-refractivity contribution < 1.29 is 19.1 Å². The Labute approximate surface area is 162 Å². The summed E-state index contributed by atoms with van der Waals surface area (Å²) in [5.74, 6) is 1.46. The standard InChI is InChI=1S/C22H18N2O4/c1-14-3-2-4-18(11-14)28-17-8-6-16(7-9-17)23-22(26)15-5-10-20-19(12-15)24-21(25)13-27-20/h2-12H,13H2,1H3,(H,23,26)(H,24,25). The topological polar surface area (TPSA) is 76.7 Å². The van der Waals surface area contributed by atoms with E-state index in [1.165, 1.54) is 0 Å². The molecule has 1 heterocycles. The van der Waals surface area contributed by atoms with E-state index in [-0.39, 0.29) is 18.4 Å². The van der Waals surface area contributed by atoms with Gasteiger partial charge in [-0.15, -0.1) is 0 Å². The molecule has 28 heavy (non-hydrogen) atoms. The molecule has 0 bridgehead atoms. The molecule has 6 nitrogen and oxygen atoms in total. The van der Waals surface area contributed by atoms with Gasteiger partial charge in [-0.25, -0.2) is 0 Å². The summed E-state index contributed by atoms with van der Waals surface area (Å²) in [6.45, 7) is 1.99. The molecule has 6 heteroatoms. The number of hydrogen-bond acceptors (Lipinski definition) is 4. The van der Waals surface area contributed by atoms with E-state index in [2.05, 4.69) is 10.6 Å². The zero-order valence-corrected chi connectivity index (χ0v) is 15.2. The van der Waals surface area contributed by atoms with Crippen LogP contribution in [0, 0.1) is 6.92 Å². The Hall–Kier alpha value is -3.80. The Bertz CT molecular complexity index is 1040. The Morgan fingerprint density at radius 3 is 2.64 bits per heavy atom. The molecule has 0 saturated heterocycles. The molecule has 0 atom stereocenters. The number of carbonyl (C=O) groups excluding carboxylic acids is 2. The van der Waals surface area contributed by atoms with Gasteiger partial charge in [-0.05, 0) is 67.1 Å². The Kier molecular flexibility index (Phi) is 4.68. The third kappa shape index (κ3) is 3.96. The van der Waals surface area contributed by atoms with Crippen LogP contribution in [0.3, 0.4) is 0 Å². The van der Waals surface area contributed by atoms with Crippen molar-refractivity contribution in [2.24, 2.45) is 0 Å². The molecule has 0 spiro atoms. The van der Waals surface area contributed by atoms with Gasteiger partial charge >= 0.3 is 0 Å². The predicted octanol–water partition coefficient (Wildman–Crippen LogP) is 4.37. The zero-order chi connectivity index (χ0) is 19.5. The van der Waals surface area contributed by atoms with E-state index in [1.807, 2.05) is 31.2 Å². The van der Waals surface area contributed by atoms with Crippen LogP contribution < -0.4 is 20.1 Å². The minimum absolute atomic E-state index is 0.0183. The van der Waals surface area contributed by atoms with Crippen molar-refractivity contribution in [3.63, 3.8) is 0 Å². The molecular formula is C22H18N2O4. The van der Waals surface area contributed by atoms with Gasteiger partial charge in [0.15, 0.2) is 6.61 Å². The molecule has 0 radical (unpaired) electrons. The second-order valence-corrected chi connectivity index (χ2v) is 6.44. The molecule has 0 aliphatic carbocycles. The highest BCUT2D eigenvalue weighted by atomic mass is 16.5. The zero-order valence-electron chi connectivity index (χ0n) is 15.2. The van der Waals surface area contributed by atoms with Gasteiger partial charge < -0.3 is 20.1 Å². The number of nitrogens with one attached hydrogen (secondary N) is 2. The first-order valence-corrected chi connectivity index (χ1v) is 8.79. The van der Waals surface area contributed by atoms with Crippen LogP contribution >= 0.6 is 0 Å². The average molecular weight is 374 g/mol. The fourth-order valence-electron chi connectivity index (χ4n) is 2.85. The molecule has 3 aromatic carbocycles. The second-order valence-electron chi connectivity index (χ2n) is 6.44. The maximum absolute atomic E-state index is 12.5. The molecule has 1 aliphatic heterocycles. The van der Waals surface area contributed by atoms with Crippen LogP contribution in [0.2, 0.25) is 0 Å². The summed E-state index contributed by atoms with van der Waals surface area (Å²) >= 11 is 0. The van der Waals surface area contributed by atoms with Gasteiger partial charge in [-0.3, -0.25) is 9.59 Å². The van der Waals surface area contributed by atoms with Crippen LogP contribution in [-0.4, -0.2) is 18.4 Å². The van der Waals surface area contributed by atoms with Gasteiger partial charge in [0.1, 0.15) is 17.2 Å². The van der Waals surface area contributed by atoms with E-state index in [1.54, 1.807) is 42.5 Å². The lowest BCUT2D eigenvalue weighted by Gasteiger charge is -2.18. The fraction of sp³-hybridized carbons (Fsp3) is 0.0909. The lowest BCUT2D eigenvalue weighted by atomic mass is 10.1. The van der Waals surface area contributed by atoms with Gasteiger partial charge in [0.05, 0.1) is 5.69 Å². The predicted molar refractivity (Wildman–Crippen MR) is 106 cm³/mol. The van der Waals surface area contributed by atoms with E-state index in [9.17, 15) is 9.59 Å². The minimum Gasteiger partial charge on any atom is -0.482 e. The number of aryl methyl sites for hydroxylation is 1. The summed E-state index contributed by atoms with van der Waals surface area (Å²) < 4.78 is 11.1. The van der Waals surface area contributed by atoms with Crippen molar-refractivity contribution in [1.29, 1.82) is 0 Å². The Balaban J connectivity index is 1.43. The highest BCUT2D eigenvalue weighted by molar-refractivity contribution is 6.06. The number of rotatable bonds is 4. The van der Waals surface area contributed by atoms with Crippen molar-refractivity contribution in [3.05, 3.63) is 77.9 Å². The van der Waals surface area contributed by atoms with Gasteiger partial charge in [-0.2, -0.15) is 0 Å². The maximum atomic E-state index is 12.5. The van der Waals surface area contributed by atoms with Crippen LogP contribution in [0.5, 0.6) is 17.2 Å². The first kappa shape index (κ1) is 17.6. The van der Waals surface area contributed by atoms with Crippen molar-refractivity contribution in [2.75, 3.05) is 17.2 Å². The number of fused-ring (bicyclic) bond motifs is 1. The molecule has 0 saturated carbocycles. The number of amides is 2. The Morgan fingerprint density at radius 2 is 1.86 bits per heavy atom. The van der Waals surface area contributed by atoms with Gasteiger partial charge in [0.2, 0.25) is 0 Å². The van der Waals surface area contributed by atoms with Gasteiger partial charge in [0, 0.05) is 11.3 Å². The number of carbonyl (C=O) groups is 2. The summed E-state index contributed by atoms with van der Waals surface area (Å²) in [6.07, 6.45) is 0. The number of anilines is 2. The first-order valence-electron chi connectivity index (χ1n) is 8.79. The Morgan fingerprint density at radius 1 is 1.04 bits per heavy atom. The molecule has 4 rings (SSSR count). The van der Waals surface area contributed by atoms with E-state index in [4.69, 9.17) is 9.47 Å². The normalized spacial score (nSPS) is 12.4. The summed E-state index contributed by atoms with van der Waals surface area (Å²) in [6, 6.07) is 19.8. The summed E-state index contributed by atoms with van der Waals surface area (Å²) in [5, 5.41) is 5.52. The lowest BCUT2D eigenvalue weighted by Crippen LogP contribution is -2.25. The van der Waals surface area contributed by atoms with E-state index in [0.717, 1.165) is 11.3 Å². The monoisotopic (exact) mass is 374 g/mol. The van der Waals surface area contributed by atoms with E-state index >= 15 is 0 Å². The maximum Gasteiger partial charge on any atom is 0.262 e. The largest absolute Gasteiger partial charge is 0.482 e. The lowest BCUT2D eigenvalue weighted by molar-refractivity contribution is -0.118. The van der Waals surface area contributed by atoms with Crippen LogP contribution in [0.25, 0.3) is 0 Å². The van der Waals surface area contributed by atoms with E-state index < -0.39 is 0 Å². The molecule has 2 amide bonds. The van der Waals surface area contributed by atoms with Crippen molar-refractivity contribution >= 4 is 23.2 Å². The summed E-state index contributed by atoms with van der Waals surface area (Å²) in [7, 11) is 0. The van der Waals surface area contributed by atoms with Crippen LogP contribution in [0.15, 0.2) is 66.7 Å². The molecular weight excluding hydrogens is 356 g/mol. The van der Waals surface area contributed by atoms with Crippen LogP contribution in [0.1, 0.15) is 15.9 Å². The fourth-order valence-corrected chi connectivity index (χ4v) is 2.85. The quantitative estimate of drug-likeness (QED) is 0.711. The third-order valence-electron chi connectivity index (χ3n) is 4.21.